The molecule has 2 aromatic carbocycles. The first kappa shape index (κ1) is 13.9. The van der Waals surface area contributed by atoms with Gasteiger partial charge in [0.15, 0.2) is 0 Å². The highest BCUT2D eigenvalue weighted by atomic mass is 16.1. The monoisotopic (exact) mass is 269 g/mol. The first-order valence-electron chi connectivity index (χ1n) is 6.66. The molecule has 4 heteroatoms. The summed E-state index contributed by atoms with van der Waals surface area (Å²) < 4.78 is 0. The van der Waals surface area contributed by atoms with Crippen molar-refractivity contribution in [2.45, 2.75) is 6.92 Å². The van der Waals surface area contributed by atoms with Gasteiger partial charge in [0, 0.05) is 36.2 Å². The maximum Gasteiger partial charge on any atom is 0.255 e. The van der Waals surface area contributed by atoms with Gasteiger partial charge in [0.2, 0.25) is 0 Å². The Labute approximate surface area is 119 Å². The lowest BCUT2D eigenvalue weighted by Gasteiger charge is -2.08. The van der Waals surface area contributed by atoms with Crippen LogP contribution in [0.3, 0.4) is 0 Å². The van der Waals surface area contributed by atoms with Crippen LogP contribution in [0.15, 0.2) is 48.5 Å². The molecule has 0 aliphatic heterocycles. The van der Waals surface area contributed by atoms with Crippen molar-refractivity contribution < 1.29 is 4.79 Å². The SMILES string of the molecule is CCNc1ccc(NC(=O)c2ccc(NC)cc2)cc1. The molecular weight excluding hydrogens is 250 g/mol. The van der Waals surface area contributed by atoms with E-state index in [1.54, 1.807) is 12.1 Å². The molecule has 1 amide bonds. The summed E-state index contributed by atoms with van der Waals surface area (Å²) in [5.41, 5.74) is 3.45. The van der Waals surface area contributed by atoms with E-state index in [0.29, 0.717) is 5.56 Å². The minimum Gasteiger partial charge on any atom is -0.388 e. The van der Waals surface area contributed by atoms with E-state index in [0.717, 1.165) is 23.6 Å². The zero-order chi connectivity index (χ0) is 14.4. The van der Waals surface area contributed by atoms with Crippen molar-refractivity contribution in [3.8, 4) is 0 Å². The lowest BCUT2D eigenvalue weighted by atomic mass is 10.2. The highest BCUT2D eigenvalue weighted by Crippen LogP contribution is 2.15. The smallest absolute Gasteiger partial charge is 0.255 e. The Morgan fingerprint density at radius 2 is 1.45 bits per heavy atom. The third kappa shape index (κ3) is 3.51. The molecule has 0 bridgehead atoms. The fraction of sp³-hybridized carbons (Fsp3) is 0.188. The average Bonchev–Trinajstić information content (AvgIpc) is 2.49. The summed E-state index contributed by atoms with van der Waals surface area (Å²) in [6, 6.07) is 15.0. The second-order valence-electron chi connectivity index (χ2n) is 4.39. The van der Waals surface area contributed by atoms with Crippen LogP contribution in [0.25, 0.3) is 0 Å². The van der Waals surface area contributed by atoms with E-state index in [1.807, 2.05) is 50.4 Å². The Morgan fingerprint density at radius 1 is 0.900 bits per heavy atom. The van der Waals surface area contributed by atoms with Gasteiger partial charge in [-0.1, -0.05) is 0 Å². The van der Waals surface area contributed by atoms with Gasteiger partial charge in [0.25, 0.3) is 5.91 Å². The van der Waals surface area contributed by atoms with Crippen LogP contribution < -0.4 is 16.0 Å². The predicted octanol–water partition coefficient (Wildman–Crippen LogP) is 3.41. The molecular formula is C16H19N3O. The van der Waals surface area contributed by atoms with Gasteiger partial charge in [-0.05, 0) is 55.5 Å². The molecule has 0 atom stereocenters. The maximum atomic E-state index is 12.1. The second kappa shape index (κ2) is 6.61. The maximum absolute atomic E-state index is 12.1. The van der Waals surface area contributed by atoms with Crippen molar-refractivity contribution in [3.05, 3.63) is 54.1 Å². The molecule has 0 saturated carbocycles. The van der Waals surface area contributed by atoms with Crippen molar-refractivity contribution in [1.29, 1.82) is 0 Å². The number of hydrogen-bond donors (Lipinski definition) is 3. The molecule has 0 fully saturated rings. The fourth-order valence-electron chi connectivity index (χ4n) is 1.87. The van der Waals surface area contributed by atoms with Crippen LogP contribution in [0.1, 0.15) is 17.3 Å². The molecule has 20 heavy (non-hydrogen) atoms. The van der Waals surface area contributed by atoms with Crippen LogP contribution in [-0.4, -0.2) is 19.5 Å². The van der Waals surface area contributed by atoms with Crippen LogP contribution >= 0.6 is 0 Å². The number of carbonyl (C=O) groups is 1. The third-order valence-electron chi connectivity index (χ3n) is 2.96. The summed E-state index contributed by atoms with van der Waals surface area (Å²) in [5, 5.41) is 9.11. The lowest BCUT2D eigenvalue weighted by molar-refractivity contribution is 0.102. The van der Waals surface area contributed by atoms with E-state index in [-0.39, 0.29) is 5.91 Å². The molecule has 104 valence electrons. The Morgan fingerprint density at radius 3 is 2.00 bits per heavy atom. The lowest BCUT2D eigenvalue weighted by Crippen LogP contribution is -2.11. The van der Waals surface area contributed by atoms with Gasteiger partial charge in [0.05, 0.1) is 0 Å². The Hall–Kier alpha value is -2.49. The second-order valence-corrected chi connectivity index (χ2v) is 4.39. The number of benzene rings is 2. The van der Waals surface area contributed by atoms with Gasteiger partial charge < -0.3 is 16.0 Å². The minimum atomic E-state index is -0.108. The fourth-order valence-corrected chi connectivity index (χ4v) is 1.87. The molecule has 3 N–H and O–H groups in total. The van der Waals surface area contributed by atoms with Crippen molar-refractivity contribution in [3.63, 3.8) is 0 Å². The van der Waals surface area contributed by atoms with Crippen LogP contribution in [-0.2, 0) is 0 Å². The highest BCUT2D eigenvalue weighted by Gasteiger charge is 2.05. The zero-order valence-corrected chi connectivity index (χ0v) is 11.7. The van der Waals surface area contributed by atoms with Crippen molar-refractivity contribution in [2.75, 3.05) is 29.5 Å². The molecule has 2 aromatic rings. The van der Waals surface area contributed by atoms with Gasteiger partial charge in [-0.15, -0.1) is 0 Å². The largest absolute Gasteiger partial charge is 0.388 e. The molecule has 0 aromatic heterocycles. The van der Waals surface area contributed by atoms with Gasteiger partial charge >= 0.3 is 0 Å². The van der Waals surface area contributed by atoms with Gasteiger partial charge in [-0.3, -0.25) is 4.79 Å². The Bertz CT molecular complexity index is 561. The predicted molar refractivity (Wildman–Crippen MR) is 84.5 cm³/mol. The molecule has 0 unspecified atom stereocenters. The quantitative estimate of drug-likeness (QED) is 0.779. The van der Waals surface area contributed by atoms with Gasteiger partial charge in [-0.2, -0.15) is 0 Å². The van der Waals surface area contributed by atoms with E-state index in [2.05, 4.69) is 16.0 Å². The molecule has 2 rings (SSSR count). The van der Waals surface area contributed by atoms with E-state index < -0.39 is 0 Å². The molecule has 0 aliphatic rings. The highest BCUT2D eigenvalue weighted by molar-refractivity contribution is 6.04. The van der Waals surface area contributed by atoms with Crippen molar-refractivity contribution in [1.82, 2.24) is 0 Å². The number of amides is 1. The summed E-state index contributed by atoms with van der Waals surface area (Å²) in [4.78, 5) is 12.1. The van der Waals surface area contributed by atoms with E-state index in [1.165, 1.54) is 0 Å². The van der Waals surface area contributed by atoms with Gasteiger partial charge in [-0.25, -0.2) is 0 Å². The normalized spacial score (nSPS) is 9.90. The number of nitrogens with one attached hydrogen (secondary N) is 3. The first-order chi connectivity index (χ1) is 9.72. The molecule has 0 saturated heterocycles. The third-order valence-corrected chi connectivity index (χ3v) is 2.96. The van der Waals surface area contributed by atoms with Crippen molar-refractivity contribution >= 4 is 23.0 Å². The van der Waals surface area contributed by atoms with Crippen LogP contribution in [0, 0.1) is 0 Å². The average molecular weight is 269 g/mol. The van der Waals surface area contributed by atoms with Crippen LogP contribution in [0.2, 0.25) is 0 Å². The summed E-state index contributed by atoms with van der Waals surface area (Å²) in [5.74, 6) is -0.108. The topological polar surface area (TPSA) is 53.2 Å². The molecule has 0 heterocycles. The van der Waals surface area contributed by atoms with E-state index in [4.69, 9.17) is 0 Å². The number of hydrogen-bond acceptors (Lipinski definition) is 3. The van der Waals surface area contributed by atoms with Crippen LogP contribution in [0.5, 0.6) is 0 Å². The number of rotatable bonds is 5. The van der Waals surface area contributed by atoms with Crippen LogP contribution in [0.4, 0.5) is 17.1 Å². The Balaban J connectivity index is 2.02. The Kier molecular flexibility index (Phi) is 4.60. The molecule has 0 radical (unpaired) electrons. The van der Waals surface area contributed by atoms with Gasteiger partial charge in [0.1, 0.15) is 0 Å². The number of anilines is 3. The first-order valence-corrected chi connectivity index (χ1v) is 6.66. The zero-order valence-electron chi connectivity index (χ0n) is 11.7. The van der Waals surface area contributed by atoms with E-state index >= 15 is 0 Å². The molecule has 0 spiro atoms. The number of carbonyl (C=O) groups excluding carboxylic acids is 1. The molecule has 0 aliphatic carbocycles. The molecule has 4 nitrogen and oxygen atoms in total. The summed E-state index contributed by atoms with van der Waals surface area (Å²) in [7, 11) is 1.85. The van der Waals surface area contributed by atoms with E-state index in [9.17, 15) is 4.79 Å². The standard InChI is InChI=1S/C16H19N3O/c1-3-18-14-8-10-15(11-9-14)19-16(20)12-4-6-13(17-2)7-5-12/h4-11,17-18H,3H2,1-2H3,(H,19,20). The summed E-state index contributed by atoms with van der Waals surface area (Å²) in [6.07, 6.45) is 0. The summed E-state index contributed by atoms with van der Waals surface area (Å²) in [6.45, 7) is 2.92. The van der Waals surface area contributed by atoms with Crippen molar-refractivity contribution in [2.24, 2.45) is 0 Å². The summed E-state index contributed by atoms with van der Waals surface area (Å²) >= 11 is 0. The minimum absolute atomic E-state index is 0.108.